The number of hydrogen-bond acceptors (Lipinski definition) is 4. The molecular formula is C20H28N2O4S. The highest BCUT2D eigenvalue weighted by molar-refractivity contribution is 7.89. The Morgan fingerprint density at radius 2 is 1.85 bits per heavy atom. The molecule has 2 unspecified atom stereocenters. The quantitative estimate of drug-likeness (QED) is 0.863. The molecule has 27 heavy (non-hydrogen) atoms. The summed E-state index contributed by atoms with van der Waals surface area (Å²) in [5.74, 6) is 0.624. The van der Waals surface area contributed by atoms with Crippen LogP contribution in [0.2, 0.25) is 0 Å². The summed E-state index contributed by atoms with van der Waals surface area (Å²) in [6.07, 6.45) is 1.04. The van der Waals surface area contributed by atoms with Gasteiger partial charge < -0.3 is 9.73 Å². The first-order valence-electron chi connectivity index (χ1n) is 9.43. The number of carbonyl (C=O) groups is 1. The largest absolute Gasteiger partial charge is 0.451 e. The lowest BCUT2D eigenvalue weighted by molar-refractivity contribution is 0.0916. The molecule has 2 heterocycles. The minimum Gasteiger partial charge on any atom is -0.451 e. The smallest absolute Gasteiger partial charge is 0.287 e. The highest BCUT2D eigenvalue weighted by atomic mass is 32.2. The number of fused-ring (bicyclic) bond motifs is 1. The van der Waals surface area contributed by atoms with Crippen molar-refractivity contribution < 1.29 is 17.6 Å². The number of nitrogens with one attached hydrogen (secondary N) is 1. The van der Waals surface area contributed by atoms with Gasteiger partial charge in [0.2, 0.25) is 10.0 Å². The Bertz CT molecular complexity index is 952. The van der Waals surface area contributed by atoms with Gasteiger partial charge in [-0.25, -0.2) is 8.42 Å². The predicted molar refractivity (Wildman–Crippen MR) is 105 cm³/mol. The van der Waals surface area contributed by atoms with E-state index in [1.54, 1.807) is 29.4 Å². The molecule has 1 aliphatic heterocycles. The number of aryl methyl sites for hydroxylation is 1. The van der Waals surface area contributed by atoms with Crippen molar-refractivity contribution in [3.05, 3.63) is 29.5 Å². The van der Waals surface area contributed by atoms with Gasteiger partial charge in [0.15, 0.2) is 5.76 Å². The topological polar surface area (TPSA) is 79.6 Å². The summed E-state index contributed by atoms with van der Waals surface area (Å²) in [6.45, 7) is 10.8. The summed E-state index contributed by atoms with van der Waals surface area (Å²) >= 11 is 0. The highest BCUT2D eigenvalue weighted by Crippen LogP contribution is 2.31. The van der Waals surface area contributed by atoms with Crippen molar-refractivity contribution in [2.75, 3.05) is 13.1 Å². The van der Waals surface area contributed by atoms with Gasteiger partial charge in [-0.2, -0.15) is 4.31 Å². The monoisotopic (exact) mass is 392 g/mol. The second-order valence-electron chi connectivity index (χ2n) is 8.11. The maximum Gasteiger partial charge on any atom is 0.287 e. The molecule has 0 spiro atoms. The lowest BCUT2D eigenvalue weighted by Gasteiger charge is -2.34. The Balaban J connectivity index is 1.99. The van der Waals surface area contributed by atoms with Crippen LogP contribution in [-0.4, -0.2) is 37.8 Å². The van der Waals surface area contributed by atoms with Crippen molar-refractivity contribution in [3.63, 3.8) is 0 Å². The third kappa shape index (κ3) is 3.89. The Labute approximate surface area is 161 Å². The van der Waals surface area contributed by atoms with Crippen LogP contribution in [-0.2, 0) is 10.0 Å². The van der Waals surface area contributed by atoms with Gasteiger partial charge in [0.05, 0.1) is 4.90 Å². The molecule has 1 aliphatic rings. The van der Waals surface area contributed by atoms with E-state index in [0.29, 0.717) is 41.5 Å². The molecule has 0 radical (unpaired) electrons. The highest BCUT2D eigenvalue weighted by Gasteiger charge is 2.32. The molecule has 1 amide bonds. The van der Waals surface area contributed by atoms with Crippen LogP contribution in [0.1, 0.15) is 50.2 Å². The fourth-order valence-corrected chi connectivity index (χ4v) is 5.56. The van der Waals surface area contributed by atoms with Crippen molar-refractivity contribution in [2.24, 2.45) is 11.8 Å². The minimum absolute atomic E-state index is 0.0101. The molecule has 6 nitrogen and oxygen atoms in total. The maximum absolute atomic E-state index is 13.1. The molecule has 3 rings (SSSR count). The van der Waals surface area contributed by atoms with Gasteiger partial charge >= 0.3 is 0 Å². The van der Waals surface area contributed by atoms with Crippen LogP contribution < -0.4 is 5.32 Å². The van der Waals surface area contributed by atoms with E-state index in [-0.39, 0.29) is 22.6 Å². The van der Waals surface area contributed by atoms with Gasteiger partial charge in [0.25, 0.3) is 5.91 Å². The number of hydrogen-bond donors (Lipinski definition) is 1. The van der Waals surface area contributed by atoms with Gasteiger partial charge in [-0.3, -0.25) is 4.79 Å². The third-order valence-corrected chi connectivity index (χ3v) is 6.83. The number of carbonyl (C=O) groups excluding carboxylic acids is 1. The first-order valence-corrected chi connectivity index (χ1v) is 10.9. The number of rotatable bonds is 4. The van der Waals surface area contributed by atoms with E-state index in [4.69, 9.17) is 4.42 Å². The molecule has 2 aromatic rings. The van der Waals surface area contributed by atoms with Crippen LogP contribution >= 0.6 is 0 Å². The summed E-state index contributed by atoms with van der Waals surface area (Å²) in [5.41, 5.74) is 1.17. The SMILES string of the molecule is Cc1c(C(=O)NC(C)C)oc2ccc(S(=O)(=O)N3CC(C)CC(C)C3)cc12. The van der Waals surface area contributed by atoms with Crippen molar-refractivity contribution in [1.29, 1.82) is 0 Å². The Morgan fingerprint density at radius 3 is 2.44 bits per heavy atom. The Kier molecular flexibility index (Phi) is 5.36. The van der Waals surface area contributed by atoms with E-state index in [2.05, 4.69) is 19.2 Å². The number of piperidine rings is 1. The van der Waals surface area contributed by atoms with Crippen LogP contribution in [0.4, 0.5) is 0 Å². The number of sulfonamides is 1. The van der Waals surface area contributed by atoms with E-state index in [0.717, 1.165) is 6.42 Å². The van der Waals surface area contributed by atoms with Crippen molar-refractivity contribution >= 4 is 26.9 Å². The minimum atomic E-state index is -3.57. The molecule has 0 aliphatic carbocycles. The van der Waals surface area contributed by atoms with E-state index in [9.17, 15) is 13.2 Å². The fraction of sp³-hybridized carbons (Fsp3) is 0.550. The summed E-state index contributed by atoms with van der Waals surface area (Å²) in [4.78, 5) is 12.6. The zero-order valence-corrected chi connectivity index (χ0v) is 17.4. The molecule has 1 aromatic heterocycles. The van der Waals surface area contributed by atoms with Crippen LogP contribution in [0.3, 0.4) is 0 Å². The van der Waals surface area contributed by atoms with E-state index in [1.807, 2.05) is 13.8 Å². The summed E-state index contributed by atoms with van der Waals surface area (Å²) in [7, 11) is -3.57. The number of furan rings is 1. The van der Waals surface area contributed by atoms with Gasteiger partial charge in [-0.05, 0) is 57.2 Å². The standard InChI is InChI=1S/C20H28N2O4S/c1-12(2)21-20(23)19-15(5)17-9-16(6-7-18(17)26-19)27(24,25)22-10-13(3)8-14(4)11-22/h6-7,9,12-14H,8,10-11H2,1-5H3,(H,21,23). The Hall–Kier alpha value is -1.86. The van der Waals surface area contributed by atoms with Crippen molar-refractivity contribution in [1.82, 2.24) is 9.62 Å². The van der Waals surface area contributed by atoms with E-state index < -0.39 is 10.0 Å². The lowest BCUT2D eigenvalue weighted by Crippen LogP contribution is -2.42. The van der Waals surface area contributed by atoms with E-state index in [1.165, 1.54) is 0 Å². The van der Waals surface area contributed by atoms with Crippen LogP contribution in [0.15, 0.2) is 27.5 Å². The van der Waals surface area contributed by atoms with E-state index >= 15 is 0 Å². The first-order chi connectivity index (χ1) is 12.6. The fourth-order valence-electron chi connectivity index (χ4n) is 3.86. The zero-order valence-electron chi connectivity index (χ0n) is 16.6. The summed E-state index contributed by atoms with van der Waals surface area (Å²) in [6, 6.07) is 4.82. The number of nitrogens with zero attached hydrogens (tertiary/aromatic N) is 1. The van der Waals surface area contributed by atoms with Gasteiger partial charge in [-0.15, -0.1) is 0 Å². The molecule has 1 aromatic carbocycles. The van der Waals surface area contributed by atoms with Gasteiger partial charge in [0, 0.05) is 30.1 Å². The number of amides is 1. The summed E-state index contributed by atoms with van der Waals surface area (Å²) in [5, 5.41) is 3.46. The molecule has 148 valence electrons. The van der Waals surface area contributed by atoms with Crippen molar-refractivity contribution in [2.45, 2.75) is 52.0 Å². The van der Waals surface area contributed by atoms with Crippen LogP contribution in [0.5, 0.6) is 0 Å². The first kappa shape index (κ1) is 19.9. The van der Waals surface area contributed by atoms with Crippen molar-refractivity contribution in [3.8, 4) is 0 Å². The molecule has 1 fully saturated rings. The van der Waals surface area contributed by atoms with Gasteiger partial charge in [0.1, 0.15) is 5.58 Å². The molecule has 1 N–H and O–H groups in total. The molecule has 2 atom stereocenters. The summed E-state index contributed by atoms with van der Waals surface area (Å²) < 4.78 is 33.5. The normalized spacial score (nSPS) is 21.7. The average molecular weight is 393 g/mol. The third-order valence-electron chi connectivity index (χ3n) is 5.01. The molecule has 1 saturated heterocycles. The van der Waals surface area contributed by atoms with Gasteiger partial charge in [-0.1, -0.05) is 13.8 Å². The Morgan fingerprint density at radius 1 is 1.22 bits per heavy atom. The molecule has 0 saturated carbocycles. The van der Waals surface area contributed by atoms with Crippen LogP contribution in [0, 0.1) is 18.8 Å². The second kappa shape index (κ2) is 7.28. The molecular weight excluding hydrogens is 364 g/mol. The average Bonchev–Trinajstić information content (AvgIpc) is 2.90. The maximum atomic E-state index is 13.1. The molecule has 0 bridgehead atoms. The predicted octanol–water partition coefficient (Wildman–Crippen LogP) is 3.55. The molecule has 7 heteroatoms. The zero-order chi connectivity index (χ0) is 19.9. The lowest BCUT2D eigenvalue weighted by atomic mass is 9.94. The second-order valence-corrected chi connectivity index (χ2v) is 10.0. The number of benzene rings is 1. The van der Waals surface area contributed by atoms with Crippen LogP contribution in [0.25, 0.3) is 11.0 Å².